The third-order valence-electron chi connectivity index (χ3n) is 5.86. The van der Waals surface area contributed by atoms with Gasteiger partial charge in [0, 0.05) is 24.4 Å². The fourth-order valence-electron chi connectivity index (χ4n) is 3.91. The molecule has 0 saturated heterocycles. The van der Waals surface area contributed by atoms with E-state index in [0.29, 0.717) is 34.0 Å². The van der Waals surface area contributed by atoms with Crippen molar-refractivity contribution in [2.24, 2.45) is 0 Å². The van der Waals surface area contributed by atoms with E-state index in [1.807, 2.05) is 62.4 Å². The highest BCUT2D eigenvalue weighted by molar-refractivity contribution is 6.06. The molecule has 162 valence electrons. The van der Waals surface area contributed by atoms with Crippen LogP contribution in [0.3, 0.4) is 0 Å². The number of aliphatic hydroxyl groups is 1. The van der Waals surface area contributed by atoms with E-state index in [1.54, 1.807) is 10.9 Å². The lowest BCUT2D eigenvalue weighted by atomic mass is 10.1. The molecule has 1 aromatic carbocycles. The number of hydrogen-bond donors (Lipinski definition) is 2. The molecule has 4 aromatic rings. The quantitative estimate of drug-likeness (QED) is 0.489. The van der Waals surface area contributed by atoms with E-state index in [0.717, 1.165) is 29.7 Å². The Morgan fingerprint density at radius 3 is 2.66 bits per heavy atom. The van der Waals surface area contributed by atoms with E-state index in [2.05, 4.69) is 15.4 Å². The summed E-state index contributed by atoms with van der Waals surface area (Å²) in [4.78, 5) is 22.5. The summed E-state index contributed by atoms with van der Waals surface area (Å²) in [5, 5.41) is 18.8. The first-order chi connectivity index (χ1) is 15.5. The van der Waals surface area contributed by atoms with Crippen molar-refractivity contribution in [3.8, 4) is 5.82 Å². The molecule has 0 radical (unpaired) electrons. The number of fused-ring (bicyclic) bond motifs is 1. The van der Waals surface area contributed by atoms with E-state index >= 15 is 0 Å². The fourth-order valence-corrected chi connectivity index (χ4v) is 3.91. The van der Waals surface area contributed by atoms with Crippen molar-refractivity contribution < 1.29 is 9.90 Å². The highest BCUT2D eigenvalue weighted by atomic mass is 16.3. The van der Waals surface area contributed by atoms with Crippen molar-refractivity contribution >= 4 is 16.9 Å². The van der Waals surface area contributed by atoms with Gasteiger partial charge in [-0.1, -0.05) is 35.9 Å². The van der Waals surface area contributed by atoms with Gasteiger partial charge in [0.15, 0.2) is 11.5 Å². The Morgan fingerprint density at radius 1 is 1.19 bits per heavy atom. The molecular weight excluding hydrogens is 402 g/mol. The van der Waals surface area contributed by atoms with Crippen LogP contribution in [0.25, 0.3) is 16.9 Å². The second kappa shape index (κ2) is 8.16. The summed E-state index contributed by atoms with van der Waals surface area (Å²) in [7, 11) is 0. The van der Waals surface area contributed by atoms with Crippen LogP contribution in [0.2, 0.25) is 0 Å². The summed E-state index contributed by atoms with van der Waals surface area (Å²) in [5.74, 6) is 0.790. The van der Waals surface area contributed by atoms with Crippen LogP contribution in [0.5, 0.6) is 0 Å². The summed E-state index contributed by atoms with van der Waals surface area (Å²) < 4.78 is 1.70. The lowest BCUT2D eigenvalue weighted by Gasteiger charge is -2.14. The number of nitrogens with one attached hydrogen (secondary N) is 1. The highest BCUT2D eigenvalue weighted by Gasteiger charge is 2.29. The molecular formula is C25H25N5O2. The summed E-state index contributed by atoms with van der Waals surface area (Å²) >= 11 is 0. The van der Waals surface area contributed by atoms with Gasteiger partial charge in [-0.25, -0.2) is 9.97 Å². The third-order valence-corrected chi connectivity index (χ3v) is 5.86. The van der Waals surface area contributed by atoms with Gasteiger partial charge in [-0.05, 0) is 50.5 Å². The Labute approximate surface area is 186 Å². The predicted molar refractivity (Wildman–Crippen MR) is 122 cm³/mol. The van der Waals surface area contributed by atoms with Crippen molar-refractivity contribution in [1.29, 1.82) is 0 Å². The normalized spacial score (nSPS) is 14.5. The number of aromatic nitrogens is 4. The molecule has 1 saturated carbocycles. The summed E-state index contributed by atoms with van der Waals surface area (Å²) in [5.41, 5.74) is 4.68. The largest absolute Gasteiger partial charge is 0.387 e. The first-order valence-corrected chi connectivity index (χ1v) is 10.9. The van der Waals surface area contributed by atoms with Crippen LogP contribution in [0, 0.1) is 13.8 Å². The summed E-state index contributed by atoms with van der Waals surface area (Å²) in [6, 6.07) is 15.2. The summed E-state index contributed by atoms with van der Waals surface area (Å²) in [6.45, 7) is 3.99. The van der Waals surface area contributed by atoms with E-state index in [-0.39, 0.29) is 12.5 Å². The maximum absolute atomic E-state index is 13.2. The molecule has 32 heavy (non-hydrogen) atoms. The number of pyridine rings is 2. The first-order valence-electron chi connectivity index (χ1n) is 10.9. The maximum Gasteiger partial charge on any atom is 0.252 e. The minimum absolute atomic E-state index is 0.123. The van der Waals surface area contributed by atoms with Gasteiger partial charge in [0.2, 0.25) is 0 Å². The average Bonchev–Trinajstić information content (AvgIpc) is 3.61. The Hall–Kier alpha value is -3.58. The number of amides is 1. The molecule has 7 nitrogen and oxygen atoms in total. The highest BCUT2D eigenvalue weighted by Crippen LogP contribution is 2.40. The Morgan fingerprint density at radius 2 is 1.97 bits per heavy atom. The van der Waals surface area contributed by atoms with Gasteiger partial charge in [0.05, 0.1) is 22.7 Å². The van der Waals surface area contributed by atoms with E-state index in [9.17, 15) is 9.90 Å². The number of aryl methyl sites for hydroxylation is 2. The molecule has 0 spiro atoms. The molecule has 1 atom stereocenters. The monoisotopic (exact) mass is 427 g/mol. The van der Waals surface area contributed by atoms with Crippen molar-refractivity contribution in [2.45, 2.75) is 38.7 Å². The van der Waals surface area contributed by atoms with Gasteiger partial charge in [-0.3, -0.25) is 4.79 Å². The lowest BCUT2D eigenvalue weighted by molar-refractivity contribution is 0.0917. The fraction of sp³-hybridized carbons (Fsp3) is 0.280. The number of aliphatic hydroxyl groups excluding tert-OH is 1. The molecule has 0 aliphatic heterocycles. The third kappa shape index (κ3) is 3.87. The number of nitrogens with zero attached hydrogens (tertiary/aromatic N) is 4. The van der Waals surface area contributed by atoms with E-state index in [1.165, 1.54) is 0 Å². The maximum atomic E-state index is 13.2. The lowest BCUT2D eigenvalue weighted by Crippen LogP contribution is -2.28. The zero-order valence-electron chi connectivity index (χ0n) is 18.1. The molecule has 0 bridgehead atoms. The van der Waals surface area contributed by atoms with E-state index in [4.69, 9.17) is 4.98 Å². The van der Waals surface area contributed by atoms with Crippen LogP contribution in [0.15, 0.2) is 54.7 Å². The number of rotatable bonds is 6. The SMILES string of the molecule is Cc1ccc(C(O)CNC(=O)c2cc(C3CC3)nc3c2c(C)nn3-c2ccccn2)cc1. The Bertz CT molecular complexity index is 1280. The van der Waals surface area contributed by atoms with Crippen molar-refractivity contribution in [3.63, 3.8) is 0 Å². The van der Waals surface area contributed by atoms with Crippen LogP contribution < -0.4 is 5.32 Å². The van der Waals surface area contributed by atoms with Crippen LogP contribution in [-0.4, -0.2) is 37.3 Å². The van der Waals surface area contributed by atoms with Gasteiger partial charge in [-0.15, -0.1) is 0 Å². The predicted octanol–water partition coefficient (Wildman–Crippen LogP) is 3.77. The molecule has 1 unspecified atom stereocenters. The van der Waals surface area contributed by atoms with Gasteiger partial charge < -0.3 is 10.4 Å². The molecule has 3 aromatic heterocycles. The molecule has 1 aliphatic rings. The van der Waals surface area contributed by atoms with Crippen LogP contribution in [-0.2, 0) is 0 Å². The Kier molecular flexibility index (Phi) is 5.19. The number of carbonyl (C=O) groups excluding carboxylic acids is 1. The zero-order valence-corrected chi connectivity index (χ0v) is 18.1. The summed E-state index contributed by atoms with van der Waals surface area (Å²) in [6.07, 6.45) is 3.07. The second-order valence-electron chi connectivity index (χ2n) is 8.39. The van der Waals surface area contributed by atoms with Crippen molar-refractivity contribution in [1.82, 2.24) is 25.1 Å². The molecule has 2 N–H and O–H groups in total. The number of benzene rings is 1. The topological polar surface area (TPSA) is 92.9 Å². The van der Waals surface area contributed by atoms with Gasteiger partial charge in [0.25, 0.3) is 5.91 Å². The molecule has 7 heteroatoms. The van der Waals surface area contributed by atoms with Crippen molar-refractivity contribution in [3.05, 3.63) is 82.8 Å². The zero-order chi connectivity index (χ0) is 22.2. The molecule has 1 amide bonds. The van der Waals surface area contributed by atoms with Crippen LogP contribution in [0.4, 0.5) is 0 Å². The first kappa shape index (κ1) is 20.3. The second-order valence-corrected chi connectivity index (χ2v) is 8.39. The van der Waals surface area contributed by atoms with Gasteiger partial charge in [-0.2, -0.15) is 9.78 Å². The molecule has 1 aliphatic carbocycles. The minimum Gasteiger partial charge on any atom is -0.387 e. The van der Waals surface area contributed by atoms with E-state index < -0.39 is 6.10 Å². The van der Waals surface area contributed by atoms with Gasteiger partial charge >= 0.3 is 0 Å². The smallest absolute Gasteiger partial charge is 0.252 e. The van der Waals surface area contributed by atoms with Crippen LogP contribution >= 0.6 is 0 Å². The molecule has 3 heterocycles. The molecule has 5 rings (SSSR count). The molecule has 1 fully saturated rings. The standard InChI is InChI=1S/C25H25N5O2/c1-15-6-8-18(9-7-15)21(31)14-27-25(32)19-13-20(17-10-11-17)28-24-23(19)16(2)29-30(24)22-5-3-4-12-26-22/h3-9,12-13,17,21,31H,10-11,14H2,1-2H3,(H,27,32). The van der Waals surface area contributed by atoms with Crippen molar-refractivity contribution in [2.75, 3.05) is 6.54 Å². The Balaban J connectivity index is 1.49. The average molecular weight is 428 g/mol. The number of carbonyl (C=O) groups is 1. The minimum atomic E-state index is -0.780. The van der Waals surface area contributed by atoms with Crippen LogP contribution in [0.1, 0.15) is 57.7 Å². The van der Waals surface area contributed by atoms with Gasteiger partial charge in [0.1, 0.15) is 0 Å². The number of hydrogen-bond acceptors (Lipinski definition) is 5.